The Bertz CT molecular complexity index is 497. The molecule has 4 heteroatoms. The van der Waals surface area contributed by atoms with Gasteiger partial charge in [0.1, 0.15) is 5.15 Å². The minimum Gasteiger partial charge on any atom is -0.397 e. The fourth-order valence-electron chi connectivity index (χ4n) is 1.37. The fourth-order valence-corrected chi connectivity index (χ4v) is 1.53. The summed E-state index contributed by atoms with van der Waals surface area (Å²) < 4.78 is 0. The molecule has 2 aromatic heterocycles. The number of nitrogens with zero attached hydrogens (tertiary/aromatic N) is 2. The third-order valence-electron chi connectivity index (χ3n) is 2.10. The van der Waals surface area contributed by atoms with Gasteiger partial charge in [-0.2, -0.15) is 0 Å². The minimum atomic E-state index is 0.467. The first kappa shape index (κ1) is 9.93. The maximum absolute atomic E-state index is 5.82. The number of aromatic nitrogens is 2. The Morgan fingerprint density at radius 3 is 2.87 bits per heavy atom. The zero-order valence-electron chi connectivity index (χ0n) is 8.24. The zero-order chi connectivity index (χ0) is 10.8. The number of hydrogen-bond donors (Lipinski definition) is 1. The van der Waals surface area contributed by atoms with Gasteiger partial charge in [-0.3, -0.25) is 4.98 Å². The summed E-state index contributed by atoms with van der Waals surface area (Å²) in [5.41, 5.74) is 8.90. The molecular weight excluding hydrogens is 210 g/mol. The molecule has 0 aliphatic rings. The van der Waals surface area contributed by atoms with Crippen molar-refractivity contribution in [1.82, 2.24) is 9.97 Å². The number of anilines is 1. The Balaban J connectivity index is 2.58. The first-order valence-electron chi connectivity index (χ1n) is 4.52. The lowest BCUT2D eigenvalue weighted by atomic mass is 10.1. The SMILES string of the molecule is Cc1ncc(N)cc1-c1cccc(Cl)n1. The van der Waals surface area contributed by atoms with Crippen LogP contribution in [0.3, 0.4) is 0 Å². The topological polar surface area (TPSA) is 51.8 Å². The van der Waals surface area contributed by atoms with Crippen LogP contribution in [0.25, 0.3) is 11.3 Å². The number of pyridine rings is 2. The molecular formula is C11H10ClN3. The van der Waals surface area contributed by atoms with Gasteiger partial charge in [0.25, 0.3) is 0 Å². The zero-order valence-corrected chi connectivity index (χ0v) is 8.99. The van der Waals surface area contributed by atoms with Gasteiger partial charge in [0.15, 0.2) is 0 Å². The molecule has 2 heterocycles. The largest absolute Gasteiger partial charge is 0.397 e. The third kappa shape index (κ3) is 2.07. The van der Waals surface area contributed by atoms with Crippen molar-refractivity contribution in [1.29, 1.82) is 0 Å². The maximum atomic E-state index is 5.82. The van der Waals surface area contributed by atoms with Gasteiger partial charge < -0.3 is 5.73 Å². The predicted molar refractivity (Wildman–Crippen MR) is 61.6 cm³/mol. The fraction of sp³-hybridized carbons (Fsp3) is 0.0909. The van der Waals surface area contributed by atoms with Crippen molar-refractivity contribution < 1.29 is 0 Å². The Morgan fingerprint density at radius 1 is 1.33 bits per heavy atom. The van der Waals surface area contributed by atoms with Crippen LogP contribution in [0.2, 0.25) is 5.15 Å². The summed E-state index contributed by atoms with van der Waals surface area (Å²) in [5, 5.41) is 0.467. The van der Waals surface area contributed by atoms with Crippen LogP contribution in [-0.4, -0.2) is 9.97 Å². The average Bonchev–Trinajstić information content (AvgIpc) is 2.22. The Labute approximate surface area is 92.9 Å². The molecule has 0 aliphatic heterocycles. The first-order valence-corrected chi connectivity index (χ1v) is 4.89. The van der Waals surface area contributed by atoms with Crippen molar-refractivity contribution in [3.05, 3.63) is 41.3 Å². The summed E-state index contributed by atoms with van der Waals surface area (Å²) >= 11 is 5.82. The van der Waals surface area contributed by atoms with E-state index in [0.29, 0.717) is 10.8 Å². The number of nitrogen functional groups attached to an aromatic ring is 1. The van der Waals surface area contributed by atoms with E-state index in [9.17, 15) is 0 Å². The molecule has 0 spiro atoms. The number of hydrogen-bond acceptors (Lipinski definition) is 3. The van der Waals surface area contributed by atoms with Crippen LogP contribution in [-0.2, 0) is 0 Å². The van der Waals surface area contributed by atoms with Crippen LogP contribution in [0.1, 0.15) is 5.69 Å². The second kappa shape index (κ2) is 3.87. The molecule has 3 nitrogen and oxygen atoms in total. The highest BCUT2D eigenvalue weighted by atomic mass is 35.5. The smallest absolute Gasteiger partial charge is 0.129 e. The predicted octanol–water partition coefficient (Wildman–Crippen LogP) is 2.69. The van der Waals surface area contributed by atoms with Crippen molar-refractivity contribution in [2.45, 2.75) is 6.92 Å². The van der Waals surface area contributed by atoms with Crippen molar-refractivity contribution in [3.63, 3.8) is 0 Å². The Kier molecular flexibility index (Phi) is 2.56. The number of aryl methyl sites for hydroxylation is 1. The number of nitrogens with two attached hydrogens (primary N) is 1. The van der Waals surface area contributed by atoms with E-state index in [1.54, 1.807) is 12.3 Å². The molecule has 76 valence electrons. The highest BCUT2D eigenvalue weighted by Gasteiger charge is 2.05. The summed E-state index contributed by atoms with van der Waals surface area (Å²) in [6, 6.07) is 7.32. The van der Waals surface area contributed by atoms with E-state index in [1.807, 2.05) is 25.1 Å². The lowest BCUT2D eigenvalue weighted by molar-refractivity contribution is 1.19. The molecule has 2 N–H and O–H groups in total. The highest BCUT2D eigenvalue weighted by molar-refractivity contribution is 6.29. The minimum absolute atomic E-state index is 0.467. The van der Waals surface area contributed by atoms with E-state index in [1.165, 1.54) is 0 Å². The standard InChI is InChI=1S/C11H10ClN3/c1-7-9(5-8(13)6-14-7)10-3-2-4-11(12)15-10/h2-6H,13H2,1H3. The molecule has 15 heavy (non-hydrogen) atoms. The van der Waals surface area contributed by atoms with Crippen LogP contribution in [0.15, 0.2) is 30.5 Å². The van der Waals surface area contributed by atoms with Gasteiger partial charge in [-0.15, -0.1) is 0 Å². The van der Waals surface area contributed by atoms with E-state index < -0.39 is 0 Å². The number of halogens is 1. The monoisotopic (exact) mass is 219 g/mol. The molecule has 0 bridgehead atoms. The summed E-state index contributed by atoms with van der Waals surface area (Å²) in [6.07, 6.45) is 1.63. The molecule has 0 atom stereocenters. The summed E-state index contributed by atoms with van der Waals surface area (Å²) in [4.78, 5) is 8.39. The molecule has 2 rings (SSSR count). The van der Waals surface area contributed by atoms with Gasteiger partial charge in [-0.05, 0) is 25.1 Å². The van der Waals surface area contributed by atoms with Crippen molar-refractivity contribution in [2.75, 3.05) is 5.73 Å². The second-order valence-corrected chi connectivity index (χ2v) is 3.63. The second-order valence-electron chi connectivity index (χ2n) is 3.25. The van der Waals surface area contributed by atoms with Crippen LogP contribution < -0.4 is 5.73 Å². The summed E-state index contributed by atoms with van der Waals surface area (Å²) in [5.74, 6) is 0. The normalized spacial score (nSPS) is 10.3. The van der Waals surface area contributed by atoms with E-state index >= 15 is 0 Å². The van der Waals surface area contributed by atoms with E-state index in [4.69, 9.17) is 17.3 Å². The van der Waals surface area contributed by atoms with Crippen LogP contribution in [0, 0.1) is 6.92 Å². The lowest BCUT2D eigenvalue weighted by Gasteiger charge is -2.05. The van der Waals surface area contributed by atoms with Crippen LogP contribution in [0.4, 0.5) is 5.69 Å². The molecule has 0 unspecified atom stereocenters. The molecule has 0 aliphatic carbocycles. The molecule has 0 radical (unpaired) electrons. The van der Waals surface area contributed by atoms with Crippen molar-refractivity contribution in [2.24, 2.45) is 0 Å². The van der Waals surface area contributed by atoms with Gasteiger partial charge in [0, 0.05) is 11.3 Å². The first-order chi connectivity index (χ1) is 7.16. The molecule has 0 saturated carbocycles. The third-order valence-corrected chi connectivity index (χ3v) is 2.31. The Morgan fingerprint density at radius 2 is 2.13 bits per heavy atom. The van der Waals surface area contributed by atoms with E-state index in [0.717, 1.165) is 17.0 Å². The maximum Gasteiger partial charge on any atom is 0.129 e. The molecule has 0 saturated heterocycles. The molecule has 0 aromatic carbocycles. The van der Waals surface area contributed by atoms with E-state index in [2.05, 4.69) is 9.97 Å². The molecule has 2 aromatic rings. The van der Waals surface area contributed by atoms with Crippen molar-refractivity contribution in [3.8, 4) is 11.3 Å². The van der Waals surface area contributed by atoms with Gasteiger partial charge in [-0.1, -0.05) is 17.7 Å². The molecule has 0 amide bonds. The summed E-state index contributed by atoms with van der Waals surface area (Å²) in [7, 11) is 0. The molecule has 0 fully saturated rings. The van der Waals surface area contributed by atoms with Gasteiger partial charge >= 0.3 is 0 Å². The summed E-state index contributed by atoms with van der Waals surface area (Å²) in [6.45, 7) is 1.91. The van der Waals surface area contributed by atoms with Gasteiger partial charge in [-0.25, -0.2) is 4.98 Å². The Hall–Kier alpha value is -1.61. The van der Waals surface area contributed by atoms with Crippen LogP contribution in [0.5, 0.6) is 0 Å². The van der Waals surface area contributed by atoms with Gasteiger partial charge in [0.2, 0.25) is 0 Å². The average molecular weight is 220 g/mol. The lowest BCUT2D eigenvalue weighted by Crippen LogP contribution is -1.94. The highest BCUT2D eigenvalue weighted by Crippen LogP contribution is 2.23. The van der Waals surface area contributed by atoms with E-state index in [-0.39, 0.29) is 0 Å². The van der Waals surface area contributed by atoms with Gasteiger partial charge in [0.05, 0.1) is 17.6 Å². The van der Waals surface area contributed by atoms with Crippen LogP contribution >= 0.6 is 11.6 Å². The van der Waals surface area contributed by atoms with Crippen molar-refractivity contribution >= 4 is 17.3 Å². The number of rotatable bonds is 1. The quantitative estimate of drug-likeness (QED) is 0.751.